The van der Waals surface area contributed by atoms with E-state index in [9.17, 15) is 18.0 Å². The number of hydrogen-bond donors (Lipinski definition) is 0. The molecule has 2 atom stereocenters. The van der Waals surface area contributed by atoms with Crippen LogP contribution in [0.3, 0.4) is 0 Å². The standard InChI is InChI=1S/C11H18F3NO3S/c1-8-9(3-5-18-8)15(4-6-17-2)10(16)7-19-11(12,13)14/h8-9H,3-7H2,1-2H3/t8-,9-/m0/s1. The van der Waals surface area contributed by atoms with Gasteiger partial charge in [-0.25, -0.2) is 0 Å². The number of halogens is 3. The minimum absolute atomic E-state index is 0.156. The minimum atomic E-state index is -4.39. The van der Waals surface area contributed by atoms with Gasteiger partial charge < -0.3 is 14.4 Å². The van der Waals surface area contributed by atoms with Gasteiger partial charge in [-0.05, 0) is 25.1 Å². The van der Waals surface area contributed by atoms with Gasteiger partial charge in [-0.2, -0.15) is 13.2 Å². The van der Waals surface area contributed by atoms with E-state index in [2.05, 4.69) is 0 Å². The van der Waals surface area contributed by atoms with Crippen molar-refractivity contribution in [2.75, 3.05) is 32.6 Å². The fraction of sp³-hybridized carbons (Fsp3) is 0.909. The number of nitrogens with zero attached hydrogens (tertiary/aromatic N) is 1. The zero-order valence-corrected chi connectivity index (χ0v) is 11.7. The van der Waals surface area contributed by atoms with Crippen molar-refractivity contribution in [3.63, 3.8) is 0 Å². The van der Waals surface area contributed by atoms with E-state index in [-0.39, 0.29) is 30.5 Å². The summed E-state index contributed by atoms with van der Waals surface area (Å²) >= 11 is -0.309. The van der Waals surface area contributed by atoms with Crippen LogP contribution in [0.2, 0.25) is 0 Å². The number of ether oxygens (including phenoxy) is 2. The quantitative estimate of drug-likeness (QED) is 0.751. The Morgan fingerprint density at radius 2 is 2.21 bits per heavy atom. The molecular weight excluding hydrogens is 283 g/mol. The lowest BCUT2D eigenvalue weighted by molar-refractivity contribution is -0.132. The predicted molar refractivity (Wildman–Crippen MR) is 65.9 cm³/mol. The van der Waals surface area contributed by atoms with Crippen LogP contribution in [0, 0.1) is 0 Å². The van der Waals surface area contributed by atoms with Gasteiger partial charge in [0.05, 0.1) is 24.5 Å². The first-order chi connectivity index (χ1) is 8.85. The molecule has 0 aromatic rings. The molecule has 0 aromatic heterocycles. The van der Waals surface area contributed by atoms with E-state index in [1.54, 1.807) is 0 Å². The third kappa shape index (κ3) is 5.58. The summed E-state index contributed by atoms with van der Waals surface area (Å²) in [5.74, 6) is -1.13. The normalized spacial score (nSPS) is 23.6. The maximum absolute atomic E-state index is 12.1. The average molecular weight is 301 g/mol. The maximum Gasteiger partial charge on any atom is 0.442 e. The van der Waals surface area contributed by atoms with Gasteiger partial charge in [-0.1, -0.05) is 0 Å². The lowest BCUT2D eigenvalue weighted by Gasteiger charge is -2.30. The van der Waals surface area contributed by atoms with E-state index >= 15 is 0 Å². The monoisotopic (exact) mass is 301 g/mol. The van der Waals surface area contributed by atoms with E-state index in [1.165, 1.54) is 12.0 Å². The minimum Gasteiger partial charge on any atom is -0.383 e. The summed E-state index contributed by atoms with van der Waals surface area (Å²) in [4.78, 5) is 13.4. The number of amides is 1. The number of hydrogen-bond acceptors (Lipinski definition) is 4. The molecule has 1 saturated heterocycles. The summed E-state index contributed by atoms with van der Waals surface area (Å²) in [6.45, 7) is 2.93. The maximum atomic E-state index is 12.1. The predicted octanol–water partition coefficient (Wildman–Crippen LogP) is 1.89. The lowest BCUT2D eigenvalue weighted by Crippen LogP contribution is -2.46. The third-order valence-electron chi connectivity index (χ3n) is 2.95. The first-order valence-electron chi connectivity index (χ1n) is 5.96. The number of alkyl halides is 3. The highest BCUT2D eigenvalue weighted by Crippen LogP contribution is 2.30. The summed E-state index contributed by atoms with van der Waals surface area (Å²) in [5, 5.41) is 0. The molecular formula is C11H18F3NO3S. The highest BCUT2D eigenvalue weighted by atomic mass is 32.2. The van der Waals surface area contributed by atoms with Crippen LogP contribution in [-0.2, 0) is 14.3 Å². The zero-order chi connectivity index (χ0) is 14.5. The fourth-order valence-corrected chi connectivity index (χ4v) is 2.47. The van der Waals surface area contributed by atoms with Crippen LogP contribution in [0.15, 0.2) is 0 Å². The molecule has 0 aromatic carbocycles. The van der Waals surface area contributed by atoms with Gasteiger partial charge in [-0.3, -0.25) is 4.79 Å². The second-order valence-electron chi connectivity index (χ2n) is 4.25. The first kappa shape index (κ1) is 16.6. The Balaban J connectivity index is 2.59. The molecule has 0 spiro atoms. The van der Waals surface area contributed by atoms with Gasteiger partial charge >= 0.3 is 5.51 Å². The van der Waals surface area contributed by atoms with Crippen molar-refractivity contribution < 1.29 is 27.4 Å². The molecule has 0 unspecified atom stereocenters. The molecule has 0 radical (unpaired) electrons. The Hall–Kier alpha value is -0.470. The van der Waals surface area contributed by atoms with Gasteiger partial charge in [0.2, 0.25) is 5.91 Å². The van der Waals surface area contributed by atoms with E-state index < -0.39 is 17.2 Å². The van der Waals surface area contributed by atoms with Crippen molar-refractivity contribution in [1.29, 1.82) is 0 Å². The van der Waals surface area contributed by atoms with Gasteiger partial charge in [0.1, 0.15) is 0 Å². The molecule has 0 bridgehead atoms. The van der Waals surface area contributed by atoms with E-state index in [4.69, 9.17) is 9.47 Å². The van der Waals surface area contributed by atoms with Crippen LogP contribution >= 0.6 is 11.8 Å². The molecule has 1 fully saturated rings. The summed E-state index contributed by atoms with van der Waals surface area (Å²) in [6.07, 6.45) is 0.490. The second kappa shape index (κ2) is 7.35. The molecule has 0 aliphatic carbocycles. The molecule has 1 aliphatic heterocycles. The topological polar surface area (TPSA) is 38.8 Å². The zero-order valence-electron chi connectivity index (χ0n) is 10.9. The number of methoxy groups -OCH3 is 1. The molecule has 8 heteroatoms. The second-order valence-corrected chi connectivity index (χ2v) is 5.29. The van der Waals surface area contributed by atoms with Crippen molar-refractivity contribution in [2.45, 2.75) is 31.0 Å². The number of rotatable bonds is 6. The molecule has 1 rings (SSSR count). The van der Waals surface area contributed by atoms with Crippen LogP contribution in [0.1, 0.15) is 13.3 Å². The third-order valence-corrected chi connectivity index (χ3v) is 3.67. The van der Waals surface area contributed by atoms with E-state index in [0.717, 1.165) is 0 Å². The van der Waals surface area contributed by atoms with Gasteiger partial charge in [0, 0.05) is 20.3 Å². The van der Waals surface area contributed by atoms with E-state index in [0.29, 0.717) is 19.6 Å². The van der Waals surface area contributed by atoms with Crippen LogP contribution < -0.4 is 0 Å². The summed E-state index contributed by atoms with van der Waals surface area (Å²) in [7, 11) is 1.49. The molecule has 1 aliphatic rings. The summed E-state index contributed by atoms with van der Waals surface area (Å²) in [6, 6.07) is -0.170. The highest BCUT2D eigenvalue weighted by molar-refractivity contribution is 8.00. The lowest BCUT2D eigenvalue weighted by atomic mass is 10.1. The Morgan fingerprint density at radius 3 is 2.68 bits per heavy atom. The van der Waals surface area contributed by atoms with Crippen LogP contribution in [0.25, 0.3) is 0 Å². The molecule has 1 heterocycles. The van der Waals surface area contributed by atoms with Crippen molar-refractivity contribution in [2.24, 2.45) is 0 Å². The first-order valence-corrected chi connectivity index (χ1v) is 6.94. The smallest absolute Gasteiger partial charge is 0.383 e. The number of carbonyl (C=O) groups excluding carboxylic acids is 1. The number of carbonyl (C=O) groups is 1. The van der Waals surface area contributed by atoms with Crippen LogP contribution in [-0.4, -0.2) is 61.1 Å². The fourth-order valence-electron chi connectivity index (χ4n) is 2.02. The van der Waals surface area contributed by atoms with Gasteiger partial charge in [0.15, 0.2) is 0 Å². The van der Waals surface area contributed by atoms with Crippen molar-refractivity contribution in [1.82, 2.24) is 4.90 Å². The van der Waals surface area contributed by atoms with Crippen molar-refractivity contribution in [3.8, 4) is 0 Å². The Bertz CT molecular complexity index is 301. The van der Waals surface area contributed by atoms with Crippen LogP contribution in [0.4, 0.5) is 13.2 Å². The molecule has 112 valence electrons. The Kier molecular flexibility index (Phi) is 6.41. The SMILES string of the molecule is COCCN(C(=O)CSC(F)(F)F)[C@H]1CCO[C@H]1C. The van der Waals surface area contributed by atoms with Crippen molar-refractivity contribution >= 4 is 17.7 Å². The Morgan fingerprint density at radius 1 is 1.53 bits per heavy atom. The van der Waals surface area contributed by atoms with Gasteiger partial charge in [-0.15, -0.1) is 0 Å². The molecule has 4 nitrogen and oxygen atoms in total. The molecule has 19 heavy (non-hydrogen) atoms. The summed E-state index contributed by atoms with van der Waals surface area (Å²) in [5.41, 5.74) is -4.39. The number of thioether (sulfide) groups is 1. The van der Waals surface area contributed by atoms with E-state index in [1.807, 2.05) is 6.92 Å². The molecule has 0 N–H and O–H groups in total. The van der Waals surface area contributed by atoms with Crippen molar-refractivity contribution in [3.05, 3.63) is 0 Å². The largest absolute Gasteiger partial charge is 0.442 e. The van der Waals surface area contributed by atoms with Gasteiger partial charge in [0.25, 0.3) is 0 Å². The molecule has 0 saturated carbocycles. The highest BCUT2D eigenvalue weighted by Gasteiger charge is 2.35. The molecule has 1 amide bonds. The summed E-state index contributed by atoms with van der Waals surface area (Å²) < 4.78 is 46.6. The average Bonchev–Trinajstić information content (AvgIpc) is 2.73. The van der Waals surface area contributed by atoms with Crippen LogP contribution in [0.5, 0.6) is 0 Å². The Labute approximate surface area is 114 Å².